The summed E-state index contributed by atoms with van der Waals surface area (Å²) in [5.74, 6) is -1.48. The second-order valence-electron chi connectivity index (χ2n) is 12.4. The molecule has 2 amide bonds. The summed E-state index contributed by atoms with van der Waals surface area (Å²) < 4.78 is 44.7. The molecule has 9 heteroatoms. The number of halogens is 1. The third-order valence-electron chi connectivity index (χ3n) is 8.94. The smallest absolute Gasteiger partial charge is 0.264 e. The number of nitrogens with zero attached hydrogens (tertiary/aromatic N) is 2. The maximum atomic E-state index is 15.1. The first-order valence-electron chi connectivity index (χ1n) is 16.1. The van der Waals surface area contributed by atoms with Crippen molar-refractivity contribution < 1.29 is 22.4 Å². The molecule has 1 N–H and O–H groups in total. The number of sulfonamides is 1. The topological polar surface area (TPSA) is 86.8 Å². The lowest BCUT2D eigenvalue weighted by Crippen LogP contribution is -2.54. The largest absolute Gasteiger partial charge is 0.352 e. The number of carbonyl (C=O) groups excluding carboxylic acids is 2. The summed E-state index contributed by atoms with van der Waals surface area (Å²) in [6.45, 7) is 4.87. The summed E-state index contributed by atoms with van der Waals surface area (Å²) >= 11 is 0. The van der Waals surface area contributed by atoms with Crippen molar-refractivity contribution in [3.8, 4) is 0 Å². The summed E-state index contributed by atoms with van der Waals surface area (Å²) in [4.78, 5) is 30.1. The van der Waals surface area contributed by atoms with Crippen molar-refractivity contribution in [1.29, 1.82) is 0 Å². The van der Waals surface area contributed by atoms with Crippen LogP contribution in [0.1, 0.15) is 53.5 Å². The Kier molecular flexibility index (Phi) is 10.8. The minimum Gasteiger partial charge on any atom is -0.352 e. The van der Waals surface area contributed by atoms with Gasteiger partial charge in [0.05, 0.1) is 10.6 Å². The number of amides is 2. The second-order valence-corrected chi connectivity index (χ2v) is 14.3. The Morgan fingerprint density at radius 3 is 2.17 bits per heavy atom. The van der Waals surface area contributed by atoms with Crippen LogP contribution in [0.25, 0.3) is 0 Å². The second kappa shape index (κ2) is 14.9. The number of anilines is 1. The summed E-state index contributed by atoms with van der Waals surface area (Å²) in [6, 6.07) is 26.1. The highest BCUT2D eigenvalue weighted by Gasteiger charge is 2.36. The van der Waals surface area contributed by atoms with Crippen LogP contribution < -0.4 is 9.62 Å². The molecule has 5 rings (SSSR count). The normalized spacial score (nSPS) is 14.0. The van der Waals surface area contributed by atoms with E-state index in [-0.39, 0.29) is 35.4 Å². The summed E-state index contributed by atoms with van der Waals surface area (Å²) in [7, 11) is -4.22. The fraction of sp³-hybridized carbons (Fsp3) is 0.316. The van der Waals surface area contributed by atoms with E-state index in [2.05, 4.69) is 5.32 Å². The van der Waals surface area contributed by atoms with Crippen LogP contribution in [0.2, 0.25) is 0 Å². The van der Waals surface area contributed by atoms with Crippen molar-refractivity contribution in [2.24, 2.45) is 0 Å². The number of nitrogens with one attached hydrogen (secondary N) is 1. The molecule has 0 radical (unpaired) electrons. The Morgan fingerprint density at radius 2 is 1.51 bits per heavy atom. The number of hydrogen-bond donors (Lipinski definition) is 1. The molecule has 246 valence electrons. The van der Waals surface area contributed by atoms with Gasteiger partial charge in [-0.15, -0.1) is 0 Å². The minimum absolute atomic E-state index is 0.0138. The van der Waals surface area contributed by atoms with Crippen molar-refractivity contribution in [2.75, 3.05) is 10.8 Å². The Hall–Kier alpha value is -4.50. The van der Waals surface area contributed by atoms with E-state index in [9.17, 15) is 18.0 Å². The lowest BCUT2D eigenvalue weighted by Gasteiger charge is -2.34. The zero-order chi connectivity index (χ0) is 33.6. The molecule has 4 aromatic carbocycles. The number of carbonyl (C=O) groups is 2. The van der Waals surface area contributed by atoms with Gasteiger partial charge in [0.25, 0.3) is 10.0 Å². The summed E-state index contributed by atoms with van der Waals surface area (Å²) in [6.07, 6.45) is 3.89. The van der Waals surface area contributed by atoms with Gasteiger partial charge in [-0.1, -0.05) is 85.1 Å². The fourth-order valence-electron chi connectivity index (χ4n) is 5.98. The van der Waals surface area contributed by atoms with Crippen LogP contribution in [0.15, 0.2) is 102 Å². The van der Waals surface area contributed by atoms with Gasteiger partial charge in [-0.2, -0.15) is 0 Å². The van der Waals surface area contributed by atoms with E-state index in [1.165, 1.54) is 23.1 Å². The van der Waals surface area contributed by atoms with Crippen molar-refractivity contribution in [2.45, 2.75) is 76.4 Å². The summed E-state index contributed by atoms with van der Waals surface area (Å²) in [5.41, 5.74) is 4.10. The molecule has 0 saturated heterocycles. The van der Waals surface area contributed by atoms with Crippen LogP contribution in [0, 0.1) is 26.6 Å². The van der Waals surface area contributed by atoms with Crippen LogP contribution in [0.4, 0.5) is 10.1 Å². The van der Waals surface area contributed by atoms with E-state index in [0.29, 0.717) is 5.69 Å². The first-order valence-corrected chi connectivity index (χ1v) is 17.5. The number of benzene rings is 4. The molecule has 0 aromatic heterocycles. The van der Waals surface area contributed by atoms with Gasteiger partial charge >= 0.3 is 0 Å². The first-order chi connectivity index (χ1) is 22.5. The van der Waals surface area contributed by atoms with Crippen LogP contribution in [-0.2, 0) is 32.6 Å². The monoisotopic (exact) mass is 655 g/mol. The number of hydrogen-bond acceptors (Lipinski definition) is 4. The van der Waals surface area contributed by atoms with Gasteiger partial charge in [0.2, 0.25) is 11.8 Å². The molecule has 0 heterocycles. The highest BCUT2D eigenvalue weighted by molar-refractivity contribution is 7.92. The Labute approximate surface area is 277 Å². The molecular weight excluding hydrogens is 614 g/mol. The molecular formula is C38H42FN3O4S. The molecule has 1 saturated carbocycles. The molecule has 1 aliphatic carbocycles. The SMILES string of the molecule is Cc1ccc(S(=O)(=O)N(CC(=O)N(Cc2ccccc2F)[C@@H](Cc2ccccc2)C(=O)NC2CCCC2)c2ccc(C)c(C)c2)cc1. The zero-order valence-corrected chi connectivity index (χ0v) is 28.0. The maximum Gasteiger partial charge on any atom is 0.264 e. The van der Waals surface area contributed by atoms with E-state index in [4.69, 9.17) is 0 Å². The van der Waals surface area contributed by atoms with Gasteiger partial charge in [0.15, 0.2) is 0 Å². The molecule has 1 aliphatic rings. The third kappa shape index (κ3) is 8.27. The molecule has 7 nitrogen and oxygen atoms in total. The van der Waals surface area contributed by atoms with Crippen molar-refractivity contribution >= 4 is 27.5 Å². The van der Waals surface area contributed by atoms with Gasteiger partial charge in [0, 0.05) is 24.6 Å². The minimum atomic E-state index is -4.22. The highest BCUT2D eigenvalue weighted by Crippen LogP contribution is 2.28. The standard InChI is InChI=1S/C38H42FN3O4S/c1-27-17-21-34(22-18-27)47(45,46)42(33-20-19-28(2)29(3)23-33)26-37(43)41(25-31-13-7-10-16-35(31)39)36(24-30-11-5-4-6-12-30)38(44)40-32-14-8-9-15-32/h4-7,10-13,16-23,32,36H,8-9,14-15,24-26H2,1-3H3,(H,40,44)/t36-/m0/s1. The van der Waals surface area contributed by atoms with Gasteiger partial charge in [-0.05, 0) is 80.6 Å². The lowest BCUT2D eigenvalue weighted by atomic mass is 10.0. The van der Waals surface area contributed by atoms with E-state index < -0.39 is 34.3 Å². The highest BCUT2D eigenvalue weighted by atomic mass is 32.2. The van der Waals surface area contributed by atoms with Crippen LogP contribution in [0.3, 0.4) is 0 Å². The molecule has 4 aromatic rings. The van der Waals surface area contributed by atoms with E-state index in [1.54, 1.807) is 42.5 Å². The van der Waals surface area contributed by atoms with E-state index in [1.807, 2.05) is 57.2 Å². The molecule has 0 spiro atoms. The van der Waals surface area contributed by atoms with Gasteiger partial charge < -0.3 is 10.2 Å². The van der Waals surface area contributed by atoms with Gasteiger partial charge in [-0.3, -0.25) is 13.9 Å². The van der Waals surface area contributed by atoms with Crippen molar-refractivity contribution in [3.63, 3.8) is 0 Å². The van der Waals surface area contributed by atoms with E-state index >= 15 is 4.39 Å². The molecule has 47 heavy (non-hydrogen) atoms. The average Bonchev–Trinajstić information content (AvgIpc) is 3.57. The molecule has 0 bridgehead atoms. The molecule has 1 fully saturated rings. The maximum absolute atomic E-state index is 15.1. The van der Waals surface area contributed by atoms with Crippen molar-refractivity contribution in [1.82, 2.24) is 10.2 Å². The van der Waals surface area contributed by atoms with Crippen molar-refractivity contribution in [3.05, 3.63) is 131 Å². The van der Waals surface area contributed by atoms with Gasteiger partial charge in [0.1, 0.15) is 18.4 Å². The van der Waals surface area contributed by atoms with Crippen LogP contribution in [0.5, 0.6) is 0 Å². The predicted octanol–water partition coefficient (Wildman–Crippen LogP) is 6.65. The zero-order valence-electron chi connectivity index (χ0n) is 27.2. The van der Waals surface area contributed by atoms with Gasteiger partial charge in [-0.25, -0.2) is 12.8 Å². The predicted molar refractivity (Wildman–Crippen MR) is 183 cm³/mol. The van der Waals surface area contributed by atoms with Crippen LogP contribution in [-0.4, -0.2) is 43.8 Å². The third-order valence-corrected chi connectivity index (χ3v) is 10.7. The Balaban J connectivity index is 1.58. The number of aryl methyl sites for hydroxylation is 3. The fourth-order valence-corrected chi connectivity index (χ4v) is 7.38. The van der Waals surface area contributed by atoms with E-state index in [0.717, 1.165) is 52.2 Å². The van der Waals surface area contributed by atoms with Crippen LogP contribution >= 0.6 is 0 Å². The molecule has 0 aliphatic heterocycles. The summed E-state index contributed by atoms with van der Waals surface area (Å²) in [5, 5.41) is 3.14. The Morgan fingerprint density at radius 1 is 0.851 bits per heavy atom. The number of rotatable bonds is 12. The average molecular weight is 656 g/mol. The first kappa shape index (κ1) is 33.9. The Bertz CT molecular complexity index is 1810. The molecule has 0 unspecified atom stereocenters. The quantitative estimate of drug-likeness (QED) is 0.185. The molecule has 1 atom stereocenters. The lowest BCUT2D eigenvalue weighted by molar-refractivity contribution is -0.140.